The van der Waals surface area contributed by atoms with Gasteiger partial charge in [-0.1, -0.05) is 12.1 Å². The molecule has 1 fully saturated rings. The fraction of sp³-hybridized carbons (Fsp3) is 0.423. The zero-order valence-electron chi connectivity index (χ0n) is 20.2. The van der Waals surface area contributed by atoms with Gasteiger partial charge in [-0.15, -0.1) is 0 Å². The SMILES string of the molecule is COc1cccc(CNC(=O)C[C@H]2CC[C@@H]3[C@H](COc4ccc(NC(C)=O)cc4C(=O)N3C)O2)c1. The van der Waals surface area contributed by atoms with Gasteiger partial charge in [0.2, 0.25) is 11.8 Å². The Bertz CT molecular complexity index is 1100. The number of benzene rings is 2. The second-order valence-corrected chi connectivity index (χ2v) is 8.89. The predicted molar refractivity (Wildman–Crippen MR) is 129 cm³/mol. The molecule has 3 amide bonds. The lowest BCUT2D eigenvalue weighted by Gasteiger charge is -2.42. The summed E-state index contributed by atoms with van der Waals surface area (Å²) in [5.74, 6) is 0.686. The lowest BCUT2D eigenvalue weighted by Crippen LogP contribution is -2.53. The van der Waals surface area contributed by atoms with Crippen LogP contribution in [0.15, 0.2) is 42.5 Å². The first-order valence-electron chi connectivity index (χ1n) is 11.7. The van der Waals surface area contributed by atoms with Crippen molar-refractivity contribution in [2.75, 3.05) is 26.1 Å². The molecule has 2 aromatic carbocycles. The summed E-state index contributed by atoms with van der Waals surface area (Å²) in [5, 5.41) is 5.64. The molecule has 2 aliphatic rings. The van der Waals surface area contributed by atoms with E-state index in [0.717, 1.165) is 11.3 Å². The van der Waals surface area contributed by atoms with E-state index in [0.29, 0.717) is 36.4 Å². The molecule has 2 aromatic rings. The predicted octanol–water partition coefficient (Wildman–Crippen LogP) is 2.74. The number of hydrogen-bond acceptors (Lipinski definition) is 6. The number of rotatable bonds is 6. The number of amides is 3. The fourth-order valence-corrected chi connectivity index (χ4v) is 4.57. The number of likely N-dealkylation sites (N-methyl/N-ethyl adjacent to an activating group) is 1. The number of anilines is 1. The number of nitrogens with zero attached hydrogens (tertiary/aromatic N) is 1. The number of fused-ring (bicyclic) bond motifs is 2. The summed E-state index contributed by atoms with van der Waals surface area (Å²) in [7, 11) is 3.36. The zero-order chi connectivity index (χ0) is 24.9. The Morgan fingerprint density at radius 2 is 2.00 bits per heavy atom. The summed E-state index contributed by atoms with van der Waals surface area (Å²) in [6.07, 6.45) is 0.989. The van der Waals surface area contributed by atoms with Gasteiger partial charge in [0, 0.05) is 26.2 Å². The summed E-state index contributed by atoms with van der Waals surface area (Å²) in [6.45, 7) is 2.09. The van der Waals surface area contributed by atoms with Gasteiger partial charge in [-0.3, -0.25) is 14.4 Å². The molecule has 0 saturated carbocycles. The van der Waals surface area contributed by atoms with Gasteiger partial charge in [0.1, 0.15) is 24.2 Å². The van der Waals surface area contributed by atoms with Crippen LogP contribution in [-0.2, 0) is 20.9 Å². The minimum atomic E-state index is -0.350. The average molecular weight is 482 g/mol. The second kappa shape index (κ2) is 10.8. The Labute approximate surface area is 204 Å². The molecule has 3 atom stereocenters. The third kappa shape index (κ3) is 5.92. The van der Waals surface area contributed by atoms with Gasteiger partial charge in [0.05, 0.1) is 31.2 Å². The highest BCUT2D eigenvalue weighted by Crippen LogP contribution is 2.32. The molecule has 186 valence electrons. The number of carbonyl (C=O) groups is 3. The van der Waals surface area contributed by atoms with Crippen LogP contribution in [0.5, 0.6) is 11.5 Å². The van der Waals surface area contributed by atoms with Crippen LogP contribution in [0.2, 0.25) is 0 Å². The molecule has 0 aliphatic carbocycles. The Hall–Kier alpha value is -3.59. The molecule has 9 nitrogen and oxygen atoms in total. The molecule has 2 aliphatic heterocycles. The van der Waals surface area contributed by atoms with Crippen molar-refractivity contribution in [2.45, 2.75) is 51.0 Å². The highest BCUT2D eigenvalue weighted by molar-refractivity contribution is 5.99. The number of carbonyl (C=O) groups excluding carboxylic acids is 3. The molecule has 4 rings (SSSR count). The van der Waals surface area contributed by atoms with Crippen LogP contribution < -0.4 is 20.1 Å². The standard InChI is InChI=1S/C26H31N3O6/c1-16(30)28-18-7-10-23-21(12-18)26(32)29(2)22-9-8-20(35-24(22)15-34-23)13-25(31)27-14-17-5-4-6-19(11-17)33-3/h4-7,10-12,20,22,24H,8-9,13-15H2,1-3H3,(H,27,31)(H,28,30)/t20-,22-,24+/m1/s1. The van der Waals surface area contributed by atoms with Gasteiger partial charge in [0.25, 0.3) is 5.91 Å². The maximum Gasteiger partial charge on any atom is 0.257 e. The quantitative estimate of drug-likeness (QED) is 0.657. The number of methoxy groups -OCH3 is 1. The van der Waals surface area contributed by atoms with Gasteiger partial charge in [0.15, 0.2) is 0 Å². The fourth-order valence-electron chi connectivity index (χ4n) is 4.57. The summed E-state index contributed by atoms with van der Waals surface area (Å²) in [5.41, 5.74) is 1.89. The van der Waals surface area contributed by atoms with Crippen LogP contribution in [0.1, 0.15) is 42.1 Å². The normalized spacial score (nSPS) is 21.5. The number of nitrogens with one attached hydrogen (secondary N) is 2. The van der Waals surface area contributed by atoms with E-state index in [2.05, 4.69) is 10.6 Å². The summed E-state index contributed by atoms with van der Waals surface area (Å²) in [6, 6.07) is 12.4. The largest absolute Gasteiger partial charge is 0.497 e. The first kappa shape index (κ1) is 24.5. The van der Waals surface area contributed by atoms with Crippen molar-refractivity contribution in [1.82, 2.24) is 10.2 Å². The smallest absolute Gasteiger partial charge is 0.257 e. The molecule has 2 N–H and O–H groups in total. The minimum absolute atomic E-state index is 0.0942. The van der Waals surface area contributed by atoms with Crippen LogP contribution in [0.25, 0.3) is 0 Å². The average Bonchev–Trinajstić information content (AvgIpc) is 2.85. The van der Waals surface area contributed by atoms with Crippen molar-refractivity contribution >= 4 is 23.4 Å². The van der Waals surface area contributed by atoms with E-state index in [-0.39, 0.29) is 49.0 Å². The van der Waals surface area contributed by atoms with Crippen molar-refractivity contribution in [3.8, 4) is 11.5 Å². The van der Waals surface area contributed by atoms with E-state index < -0.39 is 0 Å². The third-order valence-electron chi connectivity index (χ3n) is 6.37. The highest BCUT2D eigenvalue weighted by Gasteiger charge is 2.39. The van der Waals surface area contributed by atoms with Crippen LogP contribution in [0.4, 0.5) is 5.69 Å². The first-order valence-corrected chi connectivity index (χ1v) is 11.7. The Morgan fingerprint density at radius 1 is 1.17 bits per heavy atom. The van der Waals surface area contributed by atoms with Crippen molar-refractivity contribution in [2.24, 2.45) is 0 Å². The van der Waals surface area contributed by atoms with Crippen LogP contribution in [0, 0.1) is 0 Å². The molecule has 9 heteroatoms. The van der Waals surface area contributed by atoms with E-state index in [4.69, 9.17) is 14.2 Å². The van der Waals surface area contributed by atoms with Gasteiger partial charge in [-0.25, -0.2) is 0 Å². The molecular weight excluding hydrogens is 450 g/mol. The maximum atomic E-state index is 13.2. The number of ether oxygens (including phenoxy) is 3. The van der Waals surface area contributed by atoms with Gasteiger partial charge in [-0.2, -0.15) is 0 Å². The summed E-state index contributed by atoms with van der Waals surface area (Å²) in [4.78, 5) is 38.9. The van der Waals surface area contributed by atoms with Crippen molar-refractivity contribution in [1.29, 1.82) is 0 Å². The molecule has 0 unspecified atom stereocenters. The van der Waals surface area contributed by atoms with Gasteiger partial charge < -0.3 is 29.7 Å². The lowest BCUT2D eigenvalue weighted by molar-refractivity contribution is -0.134. The van der Waals surface area contributed by atoms with E-state index >= 15 is 0 Å². The van der Waals surface area contributed by atoms with Gasteiger partial charge >= 0.3 is 0 Å². The molecule has 0 spiro atoms. The Balaban J connectivity index is 1.37. The summed E-state index contributed by atoms with van der Waals surface area (Å²) >= 11 is 0. The lowest BCUT2D eigenvalue weighted by atomic mass is 9.94. The van der Waals surface area contributed by atoms with E-state index in [1.165, 1.54) is 6.92 Å². The van der Waals surface area contributed by atoms with Crippen LogP contribution in [-0.4, -0.2) is 61.6 Å². The topological polar surface area (TPSA) is 106 Å². The minimum Gasteiger partial charge on any atom is -0.497 e. The van der Waals surface area contributed by atoms with E-state index in [9.17, 15) is 14.4 Å². The summed E-state index contributed by atoms with van der Waals surface area (Å²) < 4.78 is 17.4. The highest BCUT2D eigenvalue weighted by atomic mass is 16.5. The Morgan fingerprint density at radius 3 is 2.77 bits per heavy atom. The molecule has 0 aromatic heterocycles. The molecular formula is C26H31N3O6. The Kier molecular flexibility index (Phi) is 7.55. The molecule has 35 heavy (non-hydrogen) atoms. The third-order valence-corrected chi connectivity index (χ3v) is 6.37. The maximum absolute atomic E-state index is 13.2. The molecule has 0 radical (unpaired) electrons. The number of hydrogen-bond donors (Lipinski definition) is 2. The van der Waals surface area contributed by atoms with Crippen LogP contribution >= 0.6 is 0 Å². The molecule has 0 bridgehead atoms. The molecule has 2 heterocycles. The molecule has 1 saturated heterocycles. The van der Waals surface area contributed by atoms with Crippen molar-refractivity contribution < 1.29 is 28.6 Å². The first-order chi connectivity index (χ1) is 16.8. The van der Waals surface area contributed by atoms with Crippen LogP contribution in [0.3, 0.4) is 0 Å². The van der Waals surface area contributed by atoms with Crippen molar-refractivity contribution in [3.05, 3.63) is 53.6 Å². The van der Waals surface area contributed by atoms with Gasteiger partial charge in [-0.05, 0) is 48.7 Å². The van der Waals surface area contributed by atoms with E-state index in [1.807, 2.05) is 24.3 Å². The van der Waals surface area contributed by atoms with Crippen molar-refractivity contribution in [3.63, 3.8) is 0 Å². The van der Waals surface area contributed by atoms with E-state index in [1.54, 1.807) is 37.3 Å². The second-order valence-electron chi connectivity index (χ2n) is 8.89. The zero-order valence-corrected chi connectivity index (χ0v) is 20.2. The monoisotopic (exact) mass is 481 g/mol.